The lowest BCUT2D eigenvalue weighted by atomic mass is 9.77. The number of aromatic amines is 1. The minimum atomic E-state index is -0.545. The predicted octanol–water partition coefficient (Wildman–Crippen LogP) is 2.57. The van der Waals surface area contributed by atoms with Crippen LogP contribution in [0.25, 0.3) is 17.1 Å². The highest BCUT2D eigenvalue weighted by Gasteiger charge is 2.52. The van der Waals surface area contributed by atoms with Crippen LogP contribution in [0.2, 0.25) is 0 Å². The molecule has 1 saturated heterocycles. The number of rotatable bonds is 3. The van der Waals surface area contributed by atoms with Gasteiger partial charge in [0.15, 0.2) is 0 Å². The molecule has 3 heterocycles. The molecule has 0 radical (unpaired) electrons. The molecule has 1 fully saturated rings. The van der Waals surface area contributed by atoms with Gasteiger partial charge in [0, 0.05) is 23.3 Å². The molecule has 0 spiro atoms. The number of aromatic nitrogens is 2. The third-order valence-electron chi connectivity index (χ3n) is 4.56. The van der Waals surface area contributed by atoms with Crippen molar-refractivity contribution >= 4 is 24.2 Å². The van der Waals surface area contributed by atoms with Crippen molar-refractivity contribution in [3.8, 4) is 0 Å². The second kappa shape index (κ2) is 5.23. The average molecular weight is 300 g/mol. The molecule has 0 aliphatic carbocycles. The Morgan fingerprint density at radius 3 is 2.64 bits per heavy atom. The second-order valence-corrected chi connectivity index (χ2v) is 6.61. The van der Waals surface area contributed by atoms with E-state index in [0.717, 1.165) is 16.6 Å². The van der Waals surface area contributed by atoms with Gasteiger partial charge in [0.25, 0.3) is 0 Å². The molecule has 2 N–H and O–H groups in total. The van der Waals surface area contributed by atoms with Gasteiger partial charge in [-0.15, -0.1) is 0 Å². The van der Waals surface area contributed by atoms with Gasteiger partial charge in [-0.3, -0.25) is 0 Å². The molecular weight excluding hydrogens is 279 g/mol. The minimum Gasteiger partial charge on any atom is -0.400 e. The summed E-state index contributed by atoms with van der Waals surface area (Å²) in [4.78, 5) is 7.39. The normalized spacial score (nSPS) is 20.8. The van der Waals surface area contributed by atoms with Gasteiger partial charge in [-0.25, -0.2) is 4.98 Å². The summed E-state index contributed by atoms with van der Waals surface area (Å²) in [5.41, 5.74) is 1.63. The van der Waals surface area contributed by atoms with Crippen LogP contribution in [-0.2, 0) is 9.31 Å². The number of H-pyrrole nitrogens is 1. The van der Waals surface area contributed by atoms with Crippen LogP contribution >= 0.6 is 0 Å². The molecule has 0 unspecified atom stereocenters. The maximum absolute atomic E-state index is 9.74. The largest absolute Gasteiger partial charge is 0.492 e. The van der Waals surface area contributed by atoms with Crippen molar-refractivity contribution in [3.63, 3.8) is 0 Å². The van der Waals surface area contributed by atoms with Crippen molar-refractivity contribution in [2.75, 3.05) is 6.61 Å². The Labute approximate surface area is 130 Å². The van der Waals surface area contributed by atoms with Gasteiger partial charge < -0.3 is 19.4 Å². The highest BCUT2D eigenvalue weighted by atomic mass is 16.7. The van der Waals surface area contributed by atoms with Gasteiger partial charge in [0.05, 0.1) is 17.8 Å². The van der Waals surface area contributed by atoms with Gasteiger partial charge in [-0.1, -0.05) is 6.08 Å². The number of fused-ring (bicyclic) bond motifs is 1. The van der Waals surface area contributed by atoms with E-state index in [1.165, 1.54) is 0 Å². The lowest BCUT2D eigenvalue weighted by Crippen LogP contribution is -2.41. The monoisotopic (exact) mass is 300 g/mol. The van der Waals surface area contributed by atoms with E-state index in [1.807, 2.05) is 52.1 Å². The van der Waals surface area contributed by atoms with E-state index in [9.17, 15) is 5.11 Å². The summed E-state index contributed by atoms with van der Waals surface area (Å²) in [5, 5.41) is 10.7. The van der Waals surface area contributed by atoms with Crippen molar-refractivity contribution < 1.29 is 14.4 Å². The number of aliphatic hydroxyl groups is 1. The molecule has 3 rings (SSSR count). The van der Waals surface area contributed by atoms with Crippen LogP contribution in [-0.4, -0.2) is 40.0 Å². The number of aliphatic hydroxyl groups excluding tert-OH is 1. The molecule has 0 bridgehead atoms. The van der Waals surface area contributed by atoms with Gasteiger partial charge in [-0.2, -0.15) is 0 Å². The van der Waals surface area contributed by atoms with Gasteiger partial charge in [-0.05, 0) is 45.3 Å². The van der Waals surface area contributed by atoms with Gasteiger partial charge in [0.1, 0.15) is 5.65 Å². The van der Waals surface area contributed by atoms with Crippen LogP contribution in [0.1, 0.15) is 33.3 Å². The van der Waals surface area contributed by atoms with E-state index in [0.29, 0.717) is 5.47 Å². The Hall–Kier alpha value is -1.63. The summed E-state index contributed by atoms with van der Waals surface area (Å²) in [6.45, 7) is 7.87. The third kappa shape index (κ3) is 2.47. The molecule has 6 heteroatoms. The fourth-order valence-corrected chi connectivity index (χ4v) is 2.48. The molecule has 0 atom stereocenters. The van der Waals surface area contributed by atoms with E-state index in [-0.39, 0.29) is 6.61 Å². The van der Waals surface area contributed by atoms with E-state index >= 15 is 0 Å². The maximum Gasteiger partial charge on any atom is 0.492 e. The summed E-state index contributed by atoms with van der Waals surface area (Å²) >= 11 is 0. The van der Waals surface area contributed by atoms with Crippen molar-refractivity contribution in [2.45, 2.75) is 38.9 Å². The summed E-state index contributed by atoms with van der Waals surface area (Å²) in [7, 11) is -0.545. The molecule has 5 nitrogen and oxygen atoms in total. The zero-order valence-corrected chi connectivity index (χ0v) is 13.4. The number of hydrogen-bond donors (Lipinski definition) is 2. The highest BCUT2D eigenvalue weighted by molar-refractivity contribution is 6.55. The van der Waals surface area contributed by atoms with Crippen LogP contribution in [0, 0.1) is 0 Å². The van der Waals surface area contributed by atoms with E-state index < -0.39 is 18.3 Å². The number of hydrogen-bond acceptors (Lipinski definition) is 4. The first kappa shape index (κ1) is 15.3. The third-order valence-corrected chi connectivity index (χ3v) is 4.56. The van der Waals surface area contributed by atoms with Crippen molar-refractivity contribution in [1.29, 1.82) is 0 Å². The van der Waals surface area contributed by atoms with Crippen LogP contribution in [0.4, 0.5) is 0 Å². The molecule has 0 aromatic carbocycles. The summed E-state index contributed by atoms with van der Waals surface area (Å²) in [6.07, 6.45) is 5.52. The Balaban J connectivity index is 1.95. The van der Waals surface area contributed by atoms with E-state index in [4.69, 9.17) is 9.31 Å². The predicted molar refractivity (Wildman–Crippen MR) is 87.2 cm³/mol. The Morgan fingerprint density at radius 2 is 2.00 bits per heavy atom. The first-order chi connectivity index (χ1) is 10.3. The Bertz CT molecular complexity index is 705. The first-order valence-electron chi connectivity index (χ1n) is 7.43. The topological polar surface area (TPSA) is 67.4 Å². The molecule has 2 aromatic heterocycles. The average Bonchev–Trinajstić information content (AvgIpc) is 2.95. The van der Waals surface area contributed by atoms with Crippen molar-refractivity contribution in [2.24, 2.45) is 0 Å². The standard InChI is InChI=1S/C16H21BN2O3/c1-15(2)16(3,4)22-17(21-15)12(10-20)8-11-9-19-14-13(11)6-5-7-18-14/h5-9,20H,10H2,1-4H3,(H,18,19). The van der Waals surface area contributed by atoms with E-state index in [1.54, 1.807) is 6.20 Å². The zero-order chi connectivity index (χ0) is 16.0. The fraction of sp³-hybridized carbons (Fsp3) is 0.438. The molecule has 1 aliphatic heterocycles. The molecule has 2 aromatic rings. The smallest absolute Gasteiger partial charge is 0.400 e. The number of pyridine rings is 1. The van der Waals surface area contributed by atoms with Crippen LogP contribution in [0.3, 0.4) is 0 Å². The Morgan fingerprint density at radius 1 is 1.32 bits per heavy atom. The lowest BCUT2D eigenvalue weighted by Gasteiger charge is -2.32. The van der Waals surface area contributed by atoms with Crippen LogP contribution in [0.5, 0.6) is 0 Å². The molecular formula is C16H21BN2O3. The maximum atomic E-state index is 9.74. The quantitative estimate of drug-likeness (QED) is 0.855. The van der Waals surface area contributed by atoms with Crippen molar-refractivity contribution in [3.05, 3.63) is 35.6 Å². The van der Waals surface area contributed by atoms with Crippen LogP contribution in [0.15, 0.2) is 30.0 Å². The zero-order valence-electron chi connectivity index (χ0n) is 13.4. The van der Waals surface area contributed by atoms with Gasteiger partial charge >= 0.3 is 7.12 Å². The molecule has 0 saturated carbocycles. The summed E-state index contributed by atoms with van der Waals surface area (Å²) in [6, 6.07) is 3.88. The van der Waals surface area contributed by atoms with Crippen LogP contribution < -0.4 is 0 Å². The highest BCUT2D eigenvalue weighted by Crippen LogP contribution is 2.38. The number of nitrogens with one attached hydrogen (secondary N) is 1. The number of nitrogens with zero attached hydrogens (tertiary/aromatic N) is 1. The van der Waals surface area contributed by atoms with Gasteiger partial charge in [0.2, 0.25) is 0 Å². The lowest BCUT2D eigenvalue weighted by molar-refractivity contribution is 0.00578. The Kier molecular flexibility index (Phi) is 3.63. The SMILES string of the molecule is CC1(C)OB(C(=Cc2c[nH]c3ncccc23)CO)OC1(C)C. The first-order valence-corrected chi connectivity index (χ1v) is 7.43. The van der Waals surface area contributed by atoms with Crippen molar-refractivity contribution in [1.82, 2.24) is 9.97 Å². The molecule has 116 valence electrons. The molecule has 22 heavy (non-hydrogen) atoms. The second-order valence-electron chi connectivity index (χ2n) is 6.61. The molecule has 0 amide bonds. The molecule has 1 aliphatic rings. The van der Waals surface area contributed by atoms with E-state index in [2.05, 4.69) is 9.97 Å². The minimum absolute atomic E-state index is 0.121. The summed E-state index contributed by atoms with van der Waals surface area (Å²) in [5.74, 6) is 0. The summed E-state index contributed by atoms with van der Waals surface area (Å²) < 4.78 is 12.0. The fourth-order valence-electron chi connectivity index (χ4n) is 2.48.